The smallest absolute Gasteiger partial charge is 0.439 e. The monoisotopic (exact) mass is 215 g/mol. The van der Waals surface area contributed by atoms with Gasteiger partial charge in [0.1, 0.15) is 0 Å². The quantitative estimate of drug-likeness (QED) is 0.228. The van der Waals surface area contributed by atoms with E-state index in [-0.39, 0.29) is 18.9 Å². The molecular weight excluding hydrogens is 195 g/mol. The summed E-state index contributed by atoms with van der Waals surface area (Å²) in [4.78, 5) is 0. The second-order valence-electron chi connectivity index (χ2n) is 2.84. The van der Waals surface area contributed by atoms with Crippen LogP contribution < -0.4 is 18.9 Å². The molecule has 14 heavy (non-hydrogen) atoms. The van der Waals surface area contributed by atoms with Crippen LogP contribution in [0.2, 0.25) is 0 Å². The van der Waals surface area contributed by atoms with Gasteiger partial charge in [-0.25, -0.2) is 0 Å². The van der Waals surface area contributed by atoms with E-state index in [0.29, 0.717) is 0 Å². The minimum atomic E-state index is -2.86. The van der Waals surface area contributed by atoms with Gasteiger partial charge in [0.05, 0.1) is 0 Å². The van der Waals surface area contributed by atoms with Gasteiger partial charge in [0.25, 0.3) is 0 Å². The minimum absolute atomic E-state index is 0. The van der Waals surface area contributed by atoms with Crippen LogP contribution >= 0.6 is 0 Å². The van der Waals surface area contributed by atoms with Gasteiger partial charge < -0.3 is 13.0 Å². The Balaban J connectivity index is -0.000000209. The molecule has 0 unspecified atom stereocenters. The SMILES string of the molecule is O=[S-](=O)O.[CH2]CCCCCCCC.[Li+]. The fourth-order valence-corrected chi connectivity index (χ4v) is 0.957. The Morgan fingerprint density at radius 3 is 1.79 bits per heavy atom. The van der Waals surface area contributed by atoms with Gasteiger partial charge in [-0.1, -0.05) is 58.8 Å². The molecule has 0 bridgehead atoms. The van der Waals surface area contributed by atoms with Crippen LogP contribution in [0.3, 0.4) is 0 Å². The molecule has 81 valence electrons. The van der Waals surface area contributed by atoms with E-state index in [1.54, 1.807) is 0 Å². The maximum absolute atomic E-state index is 8.56. The van der Waals surface area contributed by atoms with Gasteiger partial charge in [-0.05, 0) is 0 Å². The van der Waals surface area contributed by atoms with Gasteiger partial charge in [0.15, 0.2) is 0 Å². The summed E-state index contributed by atoms with van der Waals surface area (Å²) < 4.78 is 24.1. The second-order valence-corrected chi connectivity index (χ2v) is 3.27. The summed E-state index contributed by atoms with van der Waals surface area (Å²) in [5.74, 6) is 0. The molecule has 0 saturated carbocycles. The third-order valence-electron chi connectivity index (χ3n) is 1.60. The Morgan fingerprint density at radius 1 is 1.07 bits per heavy atom. The fraction of sp³-hybridized carbons (Fsp3) is 0.889. The molecule has 0 aliphatic carbocycles. The van der Waals surface area contributed by atoms with Gasteiger partial charge in [0.2, 0.25) is 0 Å². The van der Waals surface area contributed by atoms with Gasteiger partial charge in [-0.2, -0.15) is 0 Å². The van der Waals surface area contributed by atoms with Crippen molar-refractivity contribution < 1.29 is 31.8 Å². The molecule has 0 aliphatic rings. The molecule has 0 saturated heterocycles. The average Bonchev–Trinajstić information content (AvgIpc) is 2.03. The Hall–Kier alpha value is 0.507. The summed E-state index contributed by atoms with van der Waals surface area (Å²) in [6.45, 7) is 6.05. The van der Waals surface area contributed by atoms with Crippen LogP contribution in [0.15, 0.2) is 0 Å². The number of hydrogen-bond acceptors (Lipinski definition) is 3. The molecule has 0 fully saturated rings. The van der Waals surface area contributed by atoms with Gasteiger partial charge in [-0.3, -0.25) is 0 Å². The van der Waals surface area contributed by atoms with Crippen molar-refractivity contribution in [3.05, 3.63) is 6.92 Å². The zero-order valence-electron chi connectivity index (χ0n) is 9.33. The van der Waals surface area contributed by atoms with E-state index in [1.165, 1.54) is 38.5 Å². The van der Waals surface area contributed by atoms with Crippen molar-refractivity contribution in [2.75, 3.05) is 0 Å². The summed E-state index contributed by atoms with van der Waals surface area (Å²) in [5.41, 5.74) is 0. The molecule has 0 rings (SSSR count). The van der Waals surface area contributed by atoms with Crippen molar-refractivity contribution in [1.82, 2.24) is 0 Å². The largest absolute Gasteiger partial charge is 1.00 e. The summed E-state index contributed by atoms with van der Waals surface area (Å²) >= 11 is 0. The summed E-state index contributed by atoms with van der Waals surface area (Å²) in [6.07, 6.45) is 9.45. The summed E-state index contributed by atoms with van der Waals surface area (Å²) in [6, 6.07) is 0. The Labute approximate surface area is 102 Å². The zero-order valence-corrected chi connectivity index (χ0v) is 10.1. The molecule has 0 spiro atoms. The molecular formula is C9H20LiO3S. The first-order valence-electron chi connectivity index (χ1n) is 4.72. The van der Waals surface area contributed by atoms with Crippen LogP contribution in [-0.4, -0.2) is 4.55 Å². The molecule has 0 aromatic carbocycles. The first-order chi connectivity index (χ1) is 6.15. The van der Waals surface area contributed by atoms with Crippen LogP contribution in [0.25, 0.3) is 0 Å². The topological polar surface area (TPSA) is 54.4 Å². The third-order valence-corrected chi connectivity index (χ3v) is 1.60. The van der Waals surface area contributed by atoms with E-state index in [1.807, 2.05) is 0 Å². The maximum atomic E-state index is 8.56. The van der Waals surface area contributed by atoms with Gasteiger partial charge >= 0.3 is 18.9 Å². The normalized spacial score (nSPS) is 8.86. The van der Waals surface area contributed by atoms with Crippen LogP contribution in [0, 0.1) is 6.92 Å². The Morgan fingerprint density at radius 2 is 1.43 bits per heavy atom. The van der Waals surface area contributed by atoms with Crippen molar-refractivity contribution in [3.63, 3.8) is 0 Å². The van der Waals surface area contributed by atoms with Crippen molar-refractivity contribution in [1.29, 1.82) is 0 Å². The number of rotatable bonds is 6. The molecule has 0 heterocycles. The molecule has 1 radical (unpaired) electrons. The Bertz CT molecular complexity index is 135. The average molecular weight is 215 g/mol. The molecule has 1 N–H and O–H groups in total. The van der Waals surface area contributed by atoms with E-state index in [2.05, 4.69) is 13.8 Å². The van der Waals surface area contributed by atoms with Crippen LogP contribution in [-0.2, 0) is 19.4 Å². The van der Waals surface area contributed by atoms with Crippen molar-refractivity contribution in [2.24, 2.45) is 0 Å². The predicted molar refractivity (Wildman–Crippen MR) is 54.7 cm³/mol. The summed E-state index contributed by atoms with van der Waals surface area (Å²) in [7, 11) is -2.86. The maximum Gasteiger partial charge on any atom is 1.00 e. The van der Waals surface area contributed by atoms with Crippen LogP contribution in [0.4, 0.5) is 0 Å². The number of hydrogen-bond donors (Lipinski definition) is 1. The first kappa shape index (κ1) is 20.0. The minimum Gasteiger partial charge on any atom is -0.439 e. The van der Waals surface area contributed by atoms with Crippen molar-refractivity contribution in [2.45, 2.75) is 51.9 Å². The standard InChI is InChI=1S/C9H19.Li.HO3S/c1-3-5-7-9-8-6-4-2;;1-4(2)3/h1,3-9H2,2H3;;(H,1,2,3)/q;+1;-1. The molecule has 0 aliphatic heterocycles. The molecule has 0 amide bonds. The predicted octanol–water partition coefficient (Wildman–Crippen LogP) is 0.344. The fourth-order valence-electron chi connectivity index (χ4n) is 0.957. The molecule has 5 heteroatoms. The molecule has 0 aromatic heterocycles. The van der Waals surface area contributed by atoms with E-state index < -0.39 is 11.0 Å². The zero-order chi connectivity index (χ0) is 10.5. The Kier molecular flexibility index (Phi) is 27.3. The van der Waals surface area contributed by atoms with E-state index in [9.17, 15) is 0 Å². The van der Waals surface area contributed by atoms with Gasteiger partial charge in [-0.15, -0.1) is 0 Å². The van der Waals surface area contributed by atoms with Crippen molar-refractivity contribution in [3.8, 4) is 0 Å². The van der Waals surface area contributed by atoms with Crippen LogP contribution in [0.1, 0.15) is 51.9 Å². The first-order valence-corrected chi connectivity index (χ1v) is 5.75. The molecule has 0 aromatic rings. The summed E-state index contributed by atoms with van der Waals surface area (Å²) in [5, 5.41) is 0. The molecule has 3 nitrogen and oxygen atoms in total. The van der Waals surface area contributed by atoms with Crippen LogP contribution in [0.5, 0.6) is 0 Å². The third kappa shape index (κ3) is 39.1. The van der Waals surface area contributed by atoms with E-state index in [0.717, 1.165) is 6.42 Å². The van der Waals surface area contributed by atoms with Gasteiger partial charge in [0, 0.05) is 11.0 Å². The number of unbranched alkanes of at least 4 members (excludes halogenated alkanes) is 6. The molecule has 0 atom stereocenters. The van der Waals surface area contributed by atoms with Crippen molar-refractivity contribution >= 4 is 11.0 Å². The second kappa shape index (κ2) is 19.1. The van der Waals surface area contributed by atoms with E-state index >= 15 is 0 Å². The van der Waals surface area contributed by atoms with E-state index in [4.69, 9.17) is 13.0 Å².